The maximum Gasteiger partial charge on any atom is 0.237 e. The molecule has 1 heterocycles. The van der Waals surface area contributed by atoms with E-state index >= 15 is 0 Å². The van der Waals surface area contributed by atoms with E-state index in [4.69, 9.17) is 5.73 Å². The zero-order chi connectivity index (χ0) is 9.84. The quantitative estimate of drug-likeness (QED) is 0.505. The lowest BCUT2D eigenvalue weighted by molar-refractivity contribution is -0.126. The molecule has 2 unspecified atom stereocenters. The maximum absolute atomic E-state index is 11.3. The second kappa shape index (κ2) is 4.23. The first kappa shape index (κ1) is 9.98. The van der Waals surface area contributed by atoms with Crippen LogP contribution in [0.15, 0.2) is 0 Å². The zero-order valence-corrected chi connectivity index (χ0v) is 7.67. The van der Waals surface area contributed by atoms with Crippen molar-refractivity contribution >= 4 is 11.8 Å². The van der Waals surface area contributed by atoms with E-state index in [0.717, 1.165) is 13.0 Å². The van der Waals surface area contributed by atoms with Gasteiger partial charge in [0.2, 0.25) is 11.8 Å². The van der Waals surface area contributed by atoms with E-state index in [0.29, 0.717) is 0 Å². The van der Waals surface area contributed by atoms with Gasteiger partial charge in [-0.3, -0.25) is 14.9 Å². The normalized spacial score (nSPS) is 28.2. The molecule has 0 aromatic carbocycles. The van der Waals surface area contributed by atoms with Gasteiger partial charge in [-0.25, -0.2) is 0 Å². The first-order valence-electron chi connectivity index (χ1n) is 4.40. The molecule has 1 rings (SSSR count). The zero-order valence-electron chi connectivity index (χ0n) is 7.67. The van der Waals surface area contributed by atoms with Gasteiger partial charge in [-0.05, 0) is 12.3 Å². The van der Waals surface area contributed by atoms with Crippen molar-refractivity contribution in [1.29, 1.82) is 0 Å². The summed E-state index contributed by atoms with van der Waals surface area (Å²) < 4.78 is 0. The molecule has 1 aliphatic heterocycles. The molecule has 2 amide bonds. The highest BCUT2D eigenvalue weighted by Crippen LogP contribution is 2.11. The van der Waals surface area contributed by atoms with Gasteiger partial charge in [0.15, 0.2) is 0 Å². The number of carbonyl (C=O) groups is 2. The minimum Gasteiger partial charge on any atom is -0.369 e. The van der Waals surface area contributed by atoms with Crippen LogP contribution in [0.25, 0.3) is 0 Å². The average Bonchev–Trinajstić information content (AvgIpc) is 2.03. The predicted octanol–water partition coefficient (Wildman–Crippen LogP) is -1.41. The van der Waals surface area contributed by atoms with Crippen LogP contribution in [0.4, 0.5) is 0 Å². The van der Waals surface area contributed by atoms with Crippen LogP contribution in [0.1, 0.15) is 13.3 Å². The van der Waals surface area contributed by atoms with Crippen molar-refractivity contribution in [3.05, 3.63) is 0 Å². The van der Waals surface area contributed by atoms with E-state index in [2.05, 4.69) is 10.6 Å². The second-order valence-corrected chi connectivity index (χ2v) is 3.38. The lowest BCUT2D eigenvalue weighted by Crippen LogP contribution is -2.54. The van der Waals surface area contributed by atoms with Gasteiger partial charge >= 0.3 is 0 Å². The molecule has 1 fully saturated rings. The highest BCUT2D eigenvalue weighted by molar-refractivity contribution is 5.84. The summed E-state index contributed by atoms with van der Waals surface area (Å²) in [6.07, 6.45) is 0.933. The third-order valence-corrected chi connectivity index (χ3v) is 2.25. The highest BCUT2D eigenvalue weighted by atomic mass is 16.2. The number of hydrogen-bond acceptors (Lipinski definition) is 3. The minimum atomic E-state index is -0.439. The Morgan fingerprint density at radius 1 is 1.77 bits per heavy atom. The summed E-state index contributed by atoms with van der Waals surface area (Å²) in [5.74, 6) is -0.223. The monoisotopic (exact) mass is 185 g/mol. The summed E-state index contributed by atoms with van der Waals surface area (Å²) in [6, 6.07) is -0.277. The Morgan fingerprint density at radius 3 is 3.00 bits per heavy atom. The van der Waals surface area contributed by atoms with Crippen LogP contribution in [0.2, 0.25) is 0 Å². The van der Waals surface area contributed by atoms with Gasteiger partial charge in [-0.15, -0.1) is 0 Å². The SMILES string of the molecule is CC1CCNC(=O)C1NCC(N)=O. The summed E-state index contributed by atoms with van der Waals surface area (Å²) in [7, 11) is 0. The highest BCUT2D eigenvalue weighted by Gasteiger charge is 2.28. The van der Waals surface area contributed by atoms with E-state index in [1.165, 1.54) is 0 Å². The lowest BCUT2D eigenvalue weighted by atomic mass is 9.94. The number of amides is 2. The van der Waals surface area contributed by atoms with Crippen LogP contribution in [0.3, 0.4) is 0 Å². The molecule has 0 spiro atoms. The number of hydrogen-bond donors (Lipinski definition) is 3. The van der Waals surface area contributed by atoms with Gasteiger partial charge in [0.05, 0.1) is 12.6 Å². The van der Waals surface area contributed by atoms with E-state index in [1.54, 1.807) is 0 Å². The molecule has 2 atom stereocenters. The number of carbonyl (C=O) groups excluding carboxylic acids is 2. The summed E-state index contributed by atoms with van der Waals surface area (Å²) in [4.78, 5) is 21.8. The molecule has 0 radical (unpaired) electrons. The molecule has 1 saturated heterocycles. The molecular weight excluding hydrogens is 170 g/mol. The number of nitrogens with one attached hydrogen (secondary N) is 2. The molecule has 4 N–H and O–H groups in total. The van der Waals surface area contributed by atoms with Crippen molar-refractivity contribution in [2.45, 2.75) is 19.4 Å². The van der Waals surface area contributed by atoms with Crippen LogP contribution in [0.5, 0.6) is 0 Å². The summed E-state index contributed by atoms with van der Waals surface area (Å²) in [5, 5.41) is 5.57. The molecule has 0 aromatic heterocycles. The molecule has 5 nitrogen and oxygen atoms in total. The van der Waals surface area contributed by atoms with E-state index < -0.39 is 5.91 Å². The molecule has 0 aromatic rings. The summed E-state index contributed by atoms with van der Waals surface area (Å²) in [6.45, 7) is 2.76. The second-order valence-electron chi connectivity index (χ2n) is 3.38. The Morgan fingerprint density at radius 2 is 2.46 bits per heavy atom. The Labute approximate surface area is 77.1 Å². The number of rotatable bonds is 3. The van der Waals surface area contributed by atoms with Crippen LogP contribution < -0.4 is 16.4 Å². The number of primary amides is 1. The van der Waals surface area contributed by atoms with Crippen molar-refractivity contribution < 1.29 is 9.59 Å². The number of nitrogens with two attached hydrogens (primary N) is 1. The summed E-state index contributed by atoms with van der Waals surface area (Å²) >= 11 is 0. The third kappa shape index (κ3) is 2.69. The van der Waals surface area contributed by atoms with E-state index in [-0.39, 0.29) is 24.4 Å². The van der Waals surface area contributed by atoms with Gasteiger partial charge < -0.3 is 11.1 Å². The largest absolute Gasteiger partial charge is 0.369 e. The Kier molecular flexibility index (Phi) is 3.25. The fourth-order valence-electron chi connectivity index (χ4n) is 1.46. The van der Waals surface area contributed by atoms with E-state index in [9.17, 15) is 9.59 Å². The van der Waals surface area contributed by atoms with Crippen LogP contribution in [0, 0.1) is 5.92 Å². The smallest absolute Gasteiger partial charge is 0.237 e. The fraction of sp³-hybridized carbons (Fsp3) is 0.750. The number of piperidine rings is 1. The Hall–Kier alpha value is -1.10. The lowest BCUT2D eigenvalue weighted by Gasteiger charge is -2.28. The van der Waals surface area contributed by atoms with Crippen LogP contribution in [-0.4, -0.2) is 30.9 Å². The molecule has 1 aliphatic rings. The molecule has 0 aliphatic carbocycles. The Balaban J connectivity index is 2.44. The van der Waals surface area contributed by atoms with Crippen molar-refractivity contribution in [3.63, 3.8) is 0 Å². The standard InChI is InChI=1S/C8H15N3O2/c1-5-2-3-10-8(13)7(5)11-4-6(9)12/h5,7,11H,2-4H2,1H3,(H2,9,12)(H,10,13). The molecule has 74 valence electrons. The predicted molar refractivity (Wildman–Crippen MR) is 47.8 cm³/mol. The third-order valence-electron chi connectivity index (χ3n) is 2.25. The molecule has 13 heavy (non-hydrogen) atoms. The fourth-order valence-corrected chi connectivity index (χ4v) is 1.46. The van der Waals surface area contributed by atoms with Gasteiger partial charge in [-0.1, -0.05) is 6.92 Å². The first-order valence-corrected chi connectivity index (χ1v) is 4.40. The molecule has 0 bridgehead atoms. The Bertz CT molecular complexity index is 217. The summed E-state index contributed by atoms with van der Waals surface area (Å²) in [5.41, 5.74) is 4.97. The maximum atomic E-state index is 11.3. The average molecular weight is 185 g/mol. The van der Waals surface area contributed by atoms with Crippen molar-refractivity contribution in [2.24, 2.45) is 11.7 Å². The first-order chi connectivity index (χ1) is 6.11. The van der Waals surface area contributed by atoms with Crippen LogP contribution >= 0.6 is 0 Å². The topological polar surface area (TPSA) is 84.2 Å². The van der Waals surface area contributed by atoms with Crippen molar-refractivity contribution in [2.75, 3.05) is 13.1 Å². The van der Waals surface area contributed by atoms with E-state index in [1.807, 2.05) is 6.92 Å². The molecule has 0 saturated carbocycles. The van der Waals surface area contributed by atoms with Crippen molar-refractivity contribution in [1.82, 2.24) is 10.6 Å². The molecule has 5 heteroatoms. The molecular formula is C8H15N3O2. The van der Waals surface area contributed by atoms with Crippen LogP contribution in [-0.2, 0) is 9.59 Å². The minimum absolute atomic E-state index is 0.0417. The van der Waals surface area contributed by atoms with Crippen molar-refractivity contribution in [3.8, 4) is 0 Å². The van der Waals surface area contributed by atoms with Gasteiger partial charge in [0.1, 0.15) is 0 Å². The van der Waals surface area contributed by atoms with Gasteiger partial charge in [0.25, 0.3) is 0 Å². The van der Waals surface area contributed by atoms with Gasteiger partial charge in [0, 0.05) is 6.54 Å². The van der Waals surface area contributed by atoms with Gasteiger partial charge in [-0.2, -0.15) is 0 Å².